The minimum absolute atomic E-state index is 0.230. The normalized spacial score (nSPS) is 11.6. The maximum absolute atomic E-state index is 11.0. The molecule has 0 aliphatic heterocycles. The summed E-state index contributed by atoms with van der Waals surface area (Å²) in [5.74, 6) is -0.723. The summed E-state index contributed by atoms with van der Waals surface area (Å²) < 4.78 is 0. The van der Waals surface area contributed by atoms with Crippen molar-refractivity contribution in [2.45, 2.75) is 96.8 Å². The van der Waals surface area contributed by atoms with Crippen LogP contribution < -0.4 is 0 Å². The summed E-state index contributed by atoms with van der Waals surface area (Å²) in [6.07, 6.45) is 14.9. The van der Waals surface area contributed by atoms with Crippen LogP contribution in [0.25, 0.3) is 0 Å². The van der Waals surface area contributed by atoms with Crippen molar-refractivity contribution in [3.05, 3.63) is 21.9 Å². The summed E-state index contributed by atoms with van der Waals surface area (Å²) >= 11 is 0. The average molecular weight is 327 g/mol. The molecule has 0 unspecified atom stereocenters. The Hall–Kier alpha value is -1.39. The molecule has 0 aromatic heterocycles. The third kappa shape index (κ3) is 15.3. The highest BCUT2D eigenvalue weighted by Gasteiger charge is 2.09. The van der Waals surface area contributed by atoms with Crippen molar-refractivity contribution < 1.29 is 14.8 Å². The van der Waals surface area contributed by atoms with Gasteiger partial charge in [0.25, 0.3) is 0 Å². The van der Waals surface area contributed by atoms with E-state index in [2.05, 4.69) is 6.92 Å². The van der Waals surface area contributed by atoms with Gasteiger partial charge in [0.1, 0.15) is 0 Å². The Morgan fingerprint density at radius 2 is 1.43 bits per heavy atom. The number of carboxylic acids is 1. The summed E-state index contributed by atoms with van der Waals surface area (Å²) in [7, 11) is 0. The number of unbranched alkanes of at least 4 members (excludes halogenated alkanes) is 10. The van der Waals surface area contributed by atoms with Gasteiger partial charge in [0, 0.05) is 12.8 Å². The van der Waals surface area contributed by atoms with Gasteiger partial charge in [-0.05, 0) is 31.8 Å². The van der Waals surface area contributed by atoms with Crippen molar-refractivity contribution in [1.29, 1.82) is 0 Å². The molecule has 0 saturated heterocycles. The Bertz CT molecular complexity index is 353. The van der Waals surface area contributed by atoms with Gasteiger partial charge in [-0.15, -0.1) is 0 Å². The monoisotopic (exact) mass is 327 g/mol. The Balaban J connectivity index is 3.62. The topological polar surface area (TPSA) is 80.4 Å². The van der Waals surface area contributed by atoms with E-state index in [-0.39, 0.29) is 11.3 Å². The second-order valence-corrected chi connectivity index (χ2v) is 6.17. The molecule has 0 amide bonds. The molecular formula is C18H33NO4. The maximum Gasteiger partial charge on any atom is 0.303 e. The Labute approximate surface area is 140 Å². The summed E-state index contributed by atoms with van der Waals surface area (Å²) in [5.41, 5.74) is 0.378. The van der Waals surface area contributed by atoms with E-state index in [9.17, 15) is 14.9 Å². The van der Waals surface area contributed by atoms with E-state index in [0.717, 1.165) is 64.2 Å². The number of carbonyl (C=O) groups is 1. The summed E-state index contributed by atoms with van der Waals surface area (Å²) in [4.78, 5) is 21.1. The first-order valence-electron chi connectivity index (χ1n) is 9.13. The van der Waals surface area contributed by atoms with Gasteiger partial charge in [-0.3, -0.25) is 14.9 Å². The van der Waals surface area contributed by atoms with Gasteiger partial charge in [-0.1, -0.05) is 58.3 Å². The van der Waals surface area contributed by atoms with Crippen molar-refractivity contribution in [2.24, 2.45) is 0 Å². The number of hydrogen-bond acceptors (Lipinski definition) is 3. The van der Waals surface area contributed by atoms with Crippen LogP contribution in [0, 0.1) is 10.1 Å². The number of carboxylic acid groups (broad SMARTS) is 1. The first-order chi connectivity index (χ1) is 11.1. The van der Waals surface area contributed by atoms with E-state index in [1.54, 1.807) is 0 Å². The number of hydrogen-bond donors (Lipinski definition) is 1. The van der Waals surface area contributed by atoms with Gasteiger partial charge in [0.05, 0.1) is 4.92 Å². The van der Waals surface area contributed by atoms with E-state index in [1.165, 1.54) is 12.8 Å². The van der Waals surface area contributed by atoms with Crippen LogP contribution in [0.2, 0.25) is 0 Å². The molecule has 0 saturated carbocycles. The number of rotatable bonds is 16. The van der Waals surface area contributed by atoms with Crippen molar-refractivity contribution in [1.82, 2.24) is 0 Å². The number of allylic oxidation sites excluding steroid dienone is 2. The quantitative estimate of drug-likeness (QED) is 0.223. The third-order valence-electron chi connectivity index (χ3n) is 4.00. The van der Waals surface area contributed by atoms with Gasteiger partial charge < -0.3 is 5.11 Å². The lowest BCUT2D eigenvalue weighted by molar-refractivity contribution is -0.428. The standard InChI is InChI=1S/C18H33NO4/c1-2-3-4-8-11-14-17(19(22)23)15-12-9-6-5-7-10-13-16-18(20)21/h14H,2-13,15-16H2,1H3,(H,20,21). The smallest absolute Gasteiger partial charge is 0.303 e. The zero-order chi connectivity index (χ0) is 17.3. The lowest BCUT2D eigenvalue weighted by Gasteiger charge is -2.02. The molecule has 0 atom stereocenters. The fraction of sp³-hybridized carbons (Fsp3) is 0.833. The number of nitrogens with zero attached hydrogens (tertiary/aromatic N) is 1. The zero-order valence-electron chi connectivity index (χ0n) is 14.6. The van der Waals surface area contributed by atoms with Crippen LogP contribution in [0.15, 0.2) is 11.8 Å². The molecular weight excluding hydrogens is 294 g/mol. The molecule has 0 radical (unpaired) electrons. The molecule has 5 nitrogen and oxygen atoms in total. The highest BCUT2D eigenvalue weighted by Crippen LogP contribution is 2.15. The van der Waals surface area contributed by atoms with Gasteiger partial charge in [0.2, 0.25) is 5.70 Å². The molecule has 0 fully saturated rings. The highest BCUT2D eigenvalue weighted by atomic mass is 16.6. The average Bonchev–Trinajstić information content (AvgIpc) is 2.50. The highest BCUT2D eigenvalue weighted by molar-refractivity contribution is 5.66. The largest absolute Gasteiger partial charge is 0.481 e. The molecule has 5 heteroatoms. The number of nitro groups is 1. The Morgan fingerprint density at radius 1 is 0.913 bits per heavy atom. The molecule has 0 aromatic rings. The summed E-state index contributed by atoms with van der Waals surface area (Å²) in [5, 5.41) is 19.5. The Kier molecular flexibility index (Phi) is 14.6. The maximum atomic E-state index is 11.0. The van der Waals surface area contributed by atoms with Crippen molar-refractivity contribution in [2.75, 3.05) is 0 Å². The lowest BCUT2D eigenvalue weighted by Crippen LogP contribution is -1.99. The fourth-order valence-electron chi connectivity index (χ4n) is 2.57. The molecule has 134 valence electrons. The molecule has 0 bridgehead atoms. The van der Waals surface area contributed by atoms with E-state index >= 15 is 0 Å². The van der Waals surface area contributed by atoms with Crippen LogP contribution in [0.4, 0.5) is 0 Å². The lowest BCUT2D eigenvalue weighted by atomic mass is 10.1. The second-order valence-electron chi connectivity index (χ2n) is 6.17. The van der Waals surface area contributed by atoms with Crippen LogP contribution in [-0.4, -0.2) is 16.0 Å². The van der Waals surface area contributed by atoms with Gasteiger partial charge in [0.15, 0.2) is 0 Å². The third-order valence-corrected chi connectivity index (χ3v) is 4.00. The van der Waals surface area contributed by atoms with Gasteiger partial charge >= 0.3 is 5.97 Å². The summed E-state index contributed by atoms with van der Waals surface area (Å²) in [6.45, 7) is 2.16. The zero-order valence-corrected chi connectivity index (χ0v) is 14.6. The molecule has 0 aliphatic carbocycles. The van der Waals surface area contributed by atoms with Gasteiger partial charge in [-0.25, -0.2) is 0 Å². The summed E-state index contributed by atoms with van der Waals surface area (Å²) in [6, 6.07) is 0. The fourth-order valence-corrected chi connectivity index (χ4v) is 2.57. The van der Waals surface area contributed by atoms with Crippen LogP contribution in [0.3, 0.4) is 0 Å². The minimum atomic E-state index is -0.723. The van der Waals surface area contributed by atoms with E-state index in [0.29, 0.717) is 12.1 Å². The van der Waals surface area contributed by atoms with Crippen molar-refractivity contribution in [3.63, 3.8) is 0 Å². The Morgan fingerprint density at radius 3 is 1.96 bits per heavy atom. The molecule has 0 aliphatic rings. The number of aliphatic carboxylic acids is 1. The molecule has 0 spiro atoms. The van der Waals surface area contributed by atoms with Gasteiger partial charge in [-0.2, -0.15) is 0 Å². The molecule has 0 aromatic carbocycles. The van der Waals surface area contributed by atoms with Crippen molar-refractivity contribution >= 4 is 5.97 Å². The van der Waals surface area contributed by atoms with Crippen LogP contribution in [0.5, 0.6) is 0 Å². The molecule has 0 heterocycles. The molecule has 23 heavy (non-hydrogen) atoms. The van der Waals surface area contributed by atoms with Crippen LogP contribution in [0.1, 0.15) is 96.8 Å². The minimum Gasteiger partial charge on any atom is -0.481 e. The van der Waals surface area contributed by atoms with E-state index < -0.39 is 5.97 Å². The van der Waals surface area contributed by atoms with E-state index in [1.807, 2.05) is 6.08 Å². The second kappa shape index (κ2) is 15.5. The predicted octanol–water partition coefficient (Wildman–Crippen LogP) is 5.71. The molecule has 1 N–H and O–H groups in total. The van der Waals surface area contributed by atoms with Crippen LogP contribution >= 0.6 is 0 Å². The van der Waals surface area contributed by atoms with E-state index in [4.69, 9.17) is 5.11 Å². The first kappa shape index (κ1) is 21.6. The van der Waals surface area contributed by atoms with Crippen LogP contribution in [-0.2, 0) is 4.79 Å². The SMILES string of the molecule is CCCCCCC=C(CCCCCCCCCC(=O)O)[N+](=O)[O-]. The van der Waals surface area contributed by atoms with Crippen molar-refractivity contribution in [3.8, 4) is 0 Å². The first-order valence-corrected chi connectivity index (χ1v) is 9.13. The predicted molar refractivity (Wildman–Crippen MR) is 93.0 cm³/mol. The molecule has 0 rings (SSSR count).